The van der Waals surface area contributed by atoms with Crippen molar-refractivity contribution in [2.75, 3.05) is 25.9 Å². The van der Waals surface area contributed by atoms with Crippen molar-refractivity contribution in [1.29, 1.82) is 0 Å². The van der Waals surface area contributed by atoms with E-state index in [2.05, 4.69) is 4.98 Å². The molecule has 0 bridgehead atoms. The summed E-state index contributed by atoms with van der Waals surface area (Å²) < 4.78 is 0. The molecule has 2 aromatic rings. The van der Waals surface area contributed by atoms with E-state index in [-0.39, 0.29) is 17.6 Å². The van der Waals surface area contributed by atoms with Crippen molar-refractivity contribution in [3.63, 3.8) is 0 Å². The zero-order chi connectivity index (χ0) is 19.6. The van der Waals surface area contributed by atoms with Crippen molar-refractivity contribution in [1.82, 2.24) is 14.8 Å². The summed E-state index contributed by atoms with van der Waals surface area (Å²) in [5, 5.41) is 0.372. The fraction of sp³-hybridized carbons (Fsp3) is 0.350. The number of aromatic nitrogens is 1. The Morgan fingerprint density at radius 1 is 1.30 bits per heavy atom. The molecule has 142 valence electrons. The quantitative estimate of drug-likeness (QED) is 0.875. The Balaban J connectivity index is 1.90. The minimum absolute atomic E-state index is 0.00196. The van der Waals surface area contributed by atoms with Gasteiger partial charge in [0.2, 0.25) is 5.91 Å². The average molecular weight is 387 g/mol. The third-order valence-corrected chi connectivity index (χ3v) is 5.15. The Morgan fingerprint density at radius 3 is 2.78 bits per heavy atom. The first kappa shape index (κ1) is 19.2. The topological polar surface area (TPSA) is 79.5 Å². The van der Waals surface area contributed by atoms with Gasteiger partial charge in [-0.2, -0.15) is 0 Å². The van der Waals surface area contributed by atoms with Crippen molar-refractivity contribution in [3.8, 4) is 11.1 Å². The number of nitrogen functional groups attached to an aromatic ring is 1. The molecule has 2 heterocycles. The second kappa shape index (κ2) is 7.96. The van der Waals surface area contributed by atoms with Gasteiger partial charge in [0.25, 0.3) is 5.91 Å². The minimum atomic E-state index is -0.405. The van der Waals surface area contributed by atoms with E-state index in [1.807, 2.05) is 19.1 Å². The lowest BCUT2D eigenvalue weighted by atomic mass is 10.0. The average Bonchev–Trinajstić information content (AvgIpc) is 2.67. The number of benzene rings is 1. The van der Waals surface area contributed by atoms with Crippen LogP contribution in [0.5, 0.6) is 0 Å². The van der Waals surface area contributed by atoms with E-state index in [0.29, 0.717) is 30.1 Å². The first-order chi connectivity index (χ1) is 12.9. The van der Waals surface area contributed by atoms with Gasteiger partial charge in [0.05, 0.1) is 5.02 Å². The maximum Gasteiger partial charge on any atom is 0.254 e. The van der Waals surface area contributed by atoms with Crippen LogP contribution in [0.3, 0.4) is 0 Å². The molecular formula is C20H23ClN4O2. The van der Waals surface area contributed by atoms with Crippen LogP contribution in [-0.2, 0) is 4.79 Å². The molecule has 2 amide bonds. The fourth-order valence-corrected chi connectivity index (χ4v) is 3.48. The van der Waals surface area contributed by atoms with Crippen molar-refractivity contribution < 1.29 is 9.59 Å². The second-order valence-corrected chi connectivity index (χ2v) is 7.14. The first-order valence-electron chi connectivity index (χ1n) is 8.99. The number of nitrogens with zero attached hydrogens (tertiary/aromatic N) is 3. The van der Waals surface area contributed by atoms with Gasteiger partial charge in [-0.1, -0.05) is 37.1 Å². The third-order valence-electron chi connectivity index (χ3n) is 4.85. The lowest BCUT2D eigenvalue weighted by Gasteiger charge is -2.39. The number of nitrogens with two attached hydrogens (primary N) is 1. The normalized spacial score (nSPS) is 17.3. The number of carbonyl (C=O) groups excluding carboxylic acids is 2. The van der Waals surface area contributed by atoms with Gasteiger partial charge in [0, 0.05) is 37.5 Å². The highest BCUT2D eigenvalue weighted by Crippen LogP contribution is 2.26. The van der Waals surface area contributed by atoms with Crippen LogP contribution >= 0.6 is 11.6 Å². The highest BCUT2D eigenvalue weighted by Gasteiger charge is 2.35. The SMILES string of the molecule is CCCC1C(=O)N(C)CCN1C(=O)c1cccc(-c2cnc(N)c(Cl)c2)c1. The van der Waals surface area contributed by atoms with Crippen LogP contribution in [0.15, 0.2) is 36.5 Å². The van der Waals surface area contributed by atoms with Crippen LogP contribution in [0.1, 0.15) is 30.1 Å². The number of amides is 2. The summed E-state index contributed by atoms with van der Waals surface area (Å²) in [7, 11) is 1.78. The van der Waals surface area contributed by atoms with Gasteiger partial charge in [-0.15, -0.1) is 0 Å². The number of hydrogen-bond acceptors (Lipinski definition) is 4. The molecule has 0 spiro atoms. The molecule has 1 saturated heterocycles. The van der Waals surface area contributed by atoms with E-state index in [4.69, 9.17) is 17.3 Å². The Kier molecular flexibility index (Phi) is 5.65. The van der Waals surface area contributed by atoms with Crippen LogP contribution in [-0.4, -0.2) is 52.8 Å². The number of piperazine rings is 1. The fourth-order valence-electron chi connectivity index (χ4n) is 3.31. The number of pyridine rings is 1. The summed E-state index contributed by atoms with van der Waals surface area (Å²) in [4.78, 5) is 33.1. The molecule has 0 saturated carbocycles. The van der Waals surface area contributed by atoms with E-state index < -0.39 is 6.04 Å². The molecule has 7 heteroatoms. The smallest absolute Gasteiger partial charge is 0.254 e. The van der Waals surface area contributed by atoms with Gasteiger partial charge in [-0.3, -0.25) is 9.59 Å². The molecule has 1 unspecified atom stereocenters. The number of anilines is 1. The molecule has 0 radical (unpaired) electrons. The molecule has 1 aliphatic rings. The summed E-state index contributed by atoms with van der Waals surface area (Å²) >= 11 is 6.07. The van der Waals surface area contributed by atoms with E-state index in [1.54, 1.807) is 41.2 Å². The van der Waals surface area contributed by atoms with Gasteiger partial charge in [-0.25, -0.2) is 4.98 Å². The number of halogens is 1. The zero-order valence-corrected chi connectivity index (χ0v) is 16.2. The Bertz CT molecular complexity index is 871. The molecule has 27 heavy (non-hydrogen) atoms. The molecule has 1 aromatic heterocycles. The third kappa shape index (κ3) is 3.90. The van der Waals surface area contributed by atoms with Gasteiger partial charge in [0.15, 0.2) is 0 Å². The monoisotopic (exact) mass is 386 g/mol. The predicted octanol–water partition coefficient (Wildman–Crippen LogP) is 3.07. The van der Waals surface area contributed by atoms with E-state index >= 15 is 0 Å². The molecule has 2 N–H and O–H groups in total. The highest BCUT2D eigenvalue weighted by atomic mass is 35.5. The Hall–Kier alpha value is -2.60. The van der Waals surface area contributed by atoms with Crippen LogP contribution in [0.2, 0.25) is 5.02 Å². The molecule has 1 aliphatic heterocycles. The van der Waals surface area contributed by atoms with Crippen molar-refractivity contribution in [2.45, 2.75) is 25.8 Å². The first-order valence-corrected chi connectivity index (χ1v) is 9.37. The zero-order valence-electron chi connectivity index (χ0n) is 15.5. The summed E-state index contributed by atoms with van der Waals surface area (Å²) in [5.41, 5.74) is 7.81. The van der Waals surface area contributed by atoms with Crippen LogP contribution in [0.4, 0.5) is 5.82 Å². The predicted molar refractivity (Wildman–Crippen MR) is 106 cm³/mol. The molecule has 6 nitrogen and oxygen atoms in total. The van der Waals surface area contributed by atoms with Crippen LogP contribution < -0.4 is 5.73 Å². The van der Waals surface area contributed by atoms with Gasteiger partial charge in [0.1, 0.15) is 11.9 Å². The standard InChI is InChI=1S/C20H23ClN4O2/c1-3-5-17-20(27)24(2)8-9-25(17)19(26)14-7-4-6-13(10-14)15-11-16(21)18(22)23-12-15/h4,6-7,10-12,17H,3,5,8-9H2,1-2H3,(H2,22,23). The second-order valence-electron chi connectivity index (χ2n) is 6.73. The highest BCUT2D eigenvalue weighted by molar-refractivity contribution is 6.33. The summed E-state index contributed by atoms with van der Waals surface area (Å²) in [6, 6.07) is 8.60. The van der Waals surface area contributed by atoms with E-state index in [1.165, 1.54) is 0 Å². The molecule has 3 rings (SSSR count). The van der Waals surface area contributed by atoms with Crippen LogP contribution in [0.25, 0.3) is 11.1 Å². The lowest BCUT2D eigenvalue weighted by Crippen LogP contribution is -2.57. The maximum atomic E-state index is 13.1. The van der Waals surface area contributed by atoms with Crippen LogP contribution in [0, 0.1) is 0 Å². The molecule has 1 aromatic carbocycles. The Labute approximate surface area is 163 Å². The van der Waals surface area contributed by atoms with Crippen molar-refractivity contribution in [2.24, 2.45) is 0 Å². The number of hydrogen-bond donors (Lipinski definition) is 1. The molecular weight excluding hydrogens is 364 g/mol. The van der Waals surface area contributed by atoms with Gasteiger partial charge in [-0.05, 0) is 30.2 Å². The Morgan fingerprint density at radius 2 is 2.07 bits per heavy atom. The summed E-state index contributed by atoms with van der Waals surface area (Å²) in [6.07, 6.45) is 3.12. The van der Waals surface area contributed by atoms with Gasteiger partial charge >= 0.3 is 0 Å². The molecule has 1 fully saturated rings. The number of likely N-dealkylation sites (N-methyl/N-ethyl adjacent to an activating group) is 1. The van der Waals surface area contributed by atoms with E-state index in [9.17, 15) is 9.59 Å². The summed E-state index contributed by atoms with van der Waals surface area (Å²) in [5.74, 6) is 0.138. The molecule has 1 atom stereocenters. The van der Waals surface area contributed by atoms with E-state index in [0.717, 1.165) is 17.5 Å². The van der Waals surface area contributed by atoms with Crippen molar-refractivity contribution in [3.05, 3.63) is 47.1 Å². The summed E-state index contributed by atoms with van der Waals surface area (Å²) in [6.45, 7) is 3.09. The van der Waals surface area contributed by atoms with Crippen molar-refractivity contribution >= 4 is 29.2 Å². The number of rotatable bonds is 4. The minimum Gasteiger partial charge on any atom is -0.382 e. The number of carbonyl (C=O) groups is 2. The lowest BCUT2D eigenvalue weighted by molar-refractivity contribution is -0.138. The maximum absolute atomic E-state index is 13.1. The largest absolute Gasteiger partial charge is 0.382 e. The molecule has 0 aliphatic carbocycles. The van der Waals surface area contributed by atoms with Gasteiger partial charge < -0.3 is 15.5 Å².